The largest absolute Gasteiger partial charge is 0.393 e. The highest BCUT2D eigenvalue weighted by molar-refractivity contribution is 5.76. The number of hydrogen-bond donors (Lipinski definition) is 1. The zero-order chi connectivity index (χ0) is 22.5. The topological polar surface area (TPSA) is 49.8 Å². The van der Waals surface area contributed by atoms with Crippen LogP contribution in [0.2, 0.25) is 0 Å². The van der Waals surface area contributed by atoms with E-state index in [2.05, 4.69) is 26.8 Å². The average Bonchev–Trinajstić information content (AvgIpc) is 3.15. The summed E-state index contributed by atoms with van der Waals surface area (Å²) >= 11 is 0. The van der Waals surface area contributed by atoms with Crippen LogP contribution in [0.3, 0.4) is 0 Å². The van der Waals surface area contributed by atoms with Crippen LogP contribution < -0.4 is 0 Å². The lowest BCUT2D eigenvalue weighted by molar-refractivity contribution is -0.135. The lowest BCUT2D eigenvalue weighted by Crippen LogP contribution is -2.50. The third-order valence-electron chi connectivity index (χ3n) is 11.0. The van der Waals surface area contributed by atoms with Crippen molar-refractivity contribution >= 4 is 5.91 Å². The minimum atomic E-state index is -0.114. The van der Waals surface area contributed by atoms with Crippen LogP contribution in [-0.2, 0) is 9.53 Å². The molecule has 0 aromatic carbocycles. The molecule has 0 spiro atoms. The number of fused-ring (bicyclic) bond motifs is 5. The van der Waals surface area contributed by atoms with Crippen molar-refractivity contribution in [3.8, 4) is 0 Å². The molecule has 0 bridgehead atoms. The summed E-state index contributed by atoms with van der Waals surface area (Å²) in [7, 11) is 0. The molecule has 0 aromatic heterocycles. The van der Waals surface area contributed by atoms with Crippen LogP contribution >= 0.6 is 0 Å². The van der Waals surface area contributed by atoms with Crippen LogP contribution in [0.25, 0.3) is 0 Å². The fourth-order valence-electron chi connectivity index (χ4n) is 9.14. The molecular weight excluding hydrogens is 398 g/mol. The number of nitrogens with zero attached hydrogens (tertiary/aromatic N) is 1. The van der Waals surface area contributed by atoms with Crippen LogP contribution in [0.15, 0.2) is 11.6 Å². The lowest BCUT2D eigenvalue weighted by Gasteiger charge is -2.58. The molecule has 4 fully saturated rings. The van der Waals surface area contributed by atoms with Gasteiger partial charge in [0.25, 0.3) is 0 Å². The van der Waals surface area contributed by atoms with Crippen LogP contribution in [0.4, 0.5) is 0 Å². The number of carbonyl (C=O) groups excluding carboxylic acids is 1. The van der Waals surface area contributed by atoms with Gasteiger partial charge < -0.3 is 14.7 Å². The molecule has 4 aliphatic carbocycles. The highest BCUT2D eigenvalue weighted by Gasteiger charge is 2.59. The predicted molar refractivity (Wildman–Crippen MR) is 127 cm³/mol. The molecular formula is C28H45NO3. The minimum absolute atomic E-state index is 0.114. The van der Waals surface area contributed by atoms with E-state index in [0.717, 1.165) is 56.0 Å². The summed E-state index contributed by atoms with van der Waals surface area (Å²) in [5, 5.41) is 10.2. The van der Waals surface area contributed by atoms with Gasteiger partial charge in [-0.15, -0.1) is 0 Å². The van der Waals surface area contributed by atoms with Gasteiger partial charge in [0.2, 0.25) is 5.91 Å². The molecule has 8 atom stereocenters. The Hall–Kier alpha value is -0.870. The first-order valence-corrected chi connectivity index (χ1v) is 13.6. The van der Waals surface area contributed by atoms with Gasteiger partial charge in [-0.1, -0.05) is 32.4 Å². The van der Waals surface area contributed by atoms with Gasteiger partial charge in [0.05, 0.1) is 19.3 Å². The standard InChI is InChI=1S/C28H45NO3/c1-19(4-9-26(31)29-14-16-32-17-15-29)23-7-8-24-22-6-5-20-18-21(30)10-12-27(20,2)25(22)11-13-28(23,24)3/h5,19,21-25,30H,4,6-18H2,1-3H3/t19-,21+,22+,23-,24+,25+,27+,28-/m1/s1. The van der Waals surface area contributed by atoms with E-state index in [-0.39, 0.29) is 6.10 Å². The van der Waals surface area contributed by atoms with Gasteiger partial charge in [0.1, 0.15) is 0 Å². The number of aliphatic hydroxyl groups is 1. The predicted octanol–water partition coefficient (Wildman–Crippen LogP) is 5.20. The quantitative estimate of drug-likeness (QED) is 0.608. The van der Waals surface area contributed by atoms with Crippen molar-refractivity contribution in [2.45, 2.75) is 91.1 Å². The van der Waals surface area contributed by atoms with Crippen molar-refractivity contribution in [3.05, 3.63) is 11.6 Å². The zero-order valence-electron chi connectivity index (χ0n) is 20.7. The van der Waals surface area contributed by atoms with Crippen molar-refractivity contribution in [3.63, 3.8) is 0 Å². The average molecular weight is 444 g/mol. The van der Waals surface area contributed by atoms with E-state index in [4.69, 9.17) is 4.74 Å². The summed E-state index contributed by atoms with van der Waals surface area (Å²) in [4.78, 5) is 14.7. The van der Waals surface area contributed by atoms with Gasteiger partial charge >= 0.3 is 0 Å². The smallest absolute Gasteiger partial charge is 0.222 e. The third kappa shape index (κ3) is 3.78. The van der Waals surface area contributed by atoms with Crippen LogP contribution in [0.1, 0.15) is 85.0 Å². The molecule has 0 unspecified atom stereocenters. The molecule has 5 rings (SSSR count). The Morgan fingerprint density at radius 2 is 1.94 bits per heavy atom. The SMILES string of the molecule is C[C@H](CCC(=O)N1CCOCC1)[C@H]1CC[C@H]2[C@@H]3CC=C4C[C@@H](O)CC[C@]4(C)[C@H]3CC[C@]12C. The first-order chi connectivity index (χ1) is 15.3. The normalized spacial score (nSPS) is 44.8. The summed E-state index contributed by atoms with van der Waals surface area (Å²) in [6, 6.07) is 0. The summed E-state index contributed by atoms with van der Waals surface area (Å²) in [5.41, 5.74) is 2.35. The van der Waals surface area contributed by atoms with Crippen LogP contribution in [0.5, 0.6) is 0 Å². The van der Waals surface area contributed by atoms with Gasteiger partial charge in [-0.25, -0.2) is 0 Å². The molecule has 4 heteroatoms. The number of morpholine rings is 1. The van der Waals surface area contributed by atoms with Crippen molar-refractivity contribution in [1.29, 1.82) is 0 Å². The molecule has 1 heterocycles. The molecule has 32 heavy (non-hydrogen) atoms. The molecule has 180 valence electrons. The zero-order valence-corrected chi connectivity index (χ0v) is 20.7. The van der Waals surface area contributed by atoms with Crippen molar-refractivity contribution < 1.29 is 14.6 Å². The maximum Gasteiger partial charge on any atom is 0.222 e. The lowest BCUT2D eigenvalue weighted by atomic mass is 9.47. The number of amides is 1. The molecule has 1 amide bonds. The van der Waals surface area contributed by atoms with Crippen LogP contribution in [-0.4, -0.2) is 48.3 Å². The second-order valence-corrected chi connectivity index (χ2v) is 12.4. The van der Waals surface area contributed by atoms with Crippen molar-refractivity contribution in [1.82, 2.24) is 4.90 Å². The van der Waals surface area contributed by atoms with E-state index in [1.54, 1.807) is 5.57 Å². The highest BCUT2D eigenvalue weighted by atomic mass is 16.5. The molecule has 0 radical (unpaired) electrons. The van der Waals surface area contributed by atoms with E-state index in [9.17, 15) is 9.90 Å². The monoisotopic (exact) mass is 443 g/mol. The molecule has 1 N–H and O–H groups in total. The summed E-state index contributed by atoms with van der Waals surface area (Å²) in [6.45, 7) is 10.5. The first kappa shape index (κ1) is 22.9. The van der Waals surface area contributed by atoms with Crippen molar-refractivity contribution in [2.75, 3.05) is 26.3 Å². The minimum Gasteiger partial charge on any atom is -0.393 e. The van der Waals surface area contributed by atoms with Gasteiger partial charge in [0.15, 0.2) is 0 Å². The maximum atomic E-state index is 12.7. The Morgan fingerprint density at radius 3 is 2.72 bits per heavy atom. The van der Waals surface area contributed by atoms with Crippen molar-refractivity contribution in [2.24, 2.45) is 40.4 Å². The van der Waals surface area contributed by atoms with Gasteiger partial charge in [-0.2, -0.15) is 0 Å². The Labute approximate surface area is 195 Å². The van der Waals surface area contributed by atoms with Gasteiger partial charge in [-0.05, 0) is 98.2 Å². The van der Waals surface area contributed by atoms with Crippen LogP contribution in [0, 0.1) is 40.4 Å². The Balaban J connectivity index is 1.25. The second-order valence-electron chi connectivity index (χ2n) is 12.4. The molecule has 1 aliphatic heterocycles. The first-order valence-electron chi connectivity index (χ1n) is 13.6. The van der Waals surface area contributed by atoms with E-state index >= 15 is 0 Å². The Bertz CT molecular complexity index is 743. The highest BCUT2D eigenvalue weighted by Crippen LogP contribution is 2.67. The van der Waals surface area contributed by atoms with E-state index in [1.807, 2.05) is 4.90 Å². The molecule has 5 aliphatic rings. The van der Waals surface area contributed by atoms with E-state index in [1.165, 1.54) is 38.5 Å². The molecule has 0 aromatic rings. The Morgan fingerprint density at radius 1 is 1.16 bits per heavy atom. The van der Waals surface area contributed by atoms with E-state index in [0.29, 0.717) is 42.3 Å². The molecule has 1 saturated heterocycles. The second kappa shape index (κ2) is 8.73. The maximum absolute atomic E-state index is 12.7. The molecule has 3 saturated carbocycles. The van der Waals surface area contributed by atoms with E-state index < -0.39 is 0 Å². The fourth-order valence-corrected chi connectivity index (χ4v) is 9.14. The number of aliphatic hydroxyl groups excluding tert-OH is 1. The number of rotatable bonds is 4. The number of hydrogen-bond acceptors (Lipinski definition) is 3. The summed E-state index contributed by atoms with van der Waals surface area (Å²) in [5.74, 6) is 4.19. The number of ether oxygens (including phenoxy) is 1. The Kier molecular flexibility index (Phi) is 6.24. The summed E-state index contributed by atoms with van der Waals surface area (Å²) < 4.78 is 5.41. The summed E-state index contributed by atoms with van der Waals surface area (Å²) in [6.07, 6.45) is 13.9. The fraction of sp³-hybridized carbons (Fsp3) is 0.893. The number of carbonyl (C=O) groups is 1. The van der Waals surface area contributed by atoms with Gasteiger partial charge in [-0.3, -0.25) is 4.79 Å². The number of allylic oxidation sites excluding steroid dienone is 1. The molecule has 4 nitrogen and oxygen atoms in total. The third-order valence-corrected chi connectivity index (χ3v) is 11.0. The van der Waals surface area contributed by atoms with Gasteiger partial charge in [0, 0.05) is 19.5 Å².